The smallest absolute Gasteiger partial charge is 0.337 e. The van der Waals surface area contributed by atoms with Gasteiger partial charge in [0.15, 0.2) is 0 Å². The molecule has 1 aromatic heterocycles. The van der Waals surface area contributed by atoms with Gasteiger partial charge in [-0.2, -0.15) is 0 Å². The Bertz CT molecular complexity index is 960. The van der Waals surface area contributed by atoms with Crippen LogP contribution in [0.15, 0.2) is 42.6 Å². The molecule has 2 heterocycles. The minimum atomic E-state index is -0.381. The molecule has 1 saturated heterocycles. The Morgan fingerprint density at radius 2 is 2.00 bits per heavy atom. The van der Waals surface area contributed by atoms with Crippen LogP contribution in [0, 0.1) is 0 Å². The second-order valence-electron chi connectivity index (χ2n) is 7.74. The molecule has 2 unspecified atom stereocenters. The van der Waals surface area contributed by atoms with E-state index < -0.39 is 0 Å². The number of esters is 1. The molecule has 0 aliphatic carbocycles. The minimum absolute atomic E-state index is 0.00244. The van der Waals surface area contributed by atoms with E-state index in [0.717, 1.165) is 12.0 Å². The largest absolute Gasteiger partial charge is 0.465 e. The zero-order valence-corrected chi connectivity index (χ0v) is 18.3. The van der Waals surface area contributed by atoms with Crippen molar-refractivity contribution in [1.29, 1.82) is 0 Å². The molecule has 31 heavy (non-hydrogen) atoms. The molecule has 1 fully saturated rings. The number of anilines is 1. The van der Waals surface area contributed by atoms with Crippen molar-refractivity contribution in [3.8, 4) is 0 Å². The summed E-state index contributed by atoms with van der Waals surface area (Å²) in [5.74, 6) is 0.164. The van der Waals surface area contributed by atoms with Crippen LogP contribution in [0.25, 0.3) is 0 Å². The summed E-state index contributed by atoms with van der Waals surface area (Å²) >= 11 is 0. The summed E-state index contributed by atoms with van der Waals surface area (Å²) in [4.78, 5) is 43.9. The molecule has 0 saturated carbocycles. The molecule has 164 valence electrons. The number of rotatable bonds is 6. The molecular weight excluding hydrogens is 396 g/mol. The lowest BCUT2D eigenvalue weighted by Crippen LogP contribution is -2.38. The molecule has 1 aliphatic heterocycles. The Labute approximate surface area is 182 Å². The number of hydrogen-bond donors (Lipinski definition) is 1. The van der Waals surface area contributed by atoms with Crippen molar-refractivity contribution in [2.75, 3.05) is 32.6 Å². The lowest BCUT2D eigenvalue weighted by atomic mass is 10.1. The van der Waals surface area contributed by atoms with Gasteiger partial charge >= 0.3 is 5.97 Å². The number of carbonyl (C=O) groups is 3. The van der Waals surface area contributed by atoms with Gasteiger partial charge in [-0.25, -0.2) is 9.78 Å². The molecular formula is C23H28N4O4. The van der Waals surface area contributed by atoms with Gasteiger partial charge in [0.25, 0.3) is 5.91 Å². The highest BCUT2D eigenvalue weighted by atomic mass is 16.5. The number of nitrogens with one attached hydrogen (secondary N) is 1. The lowest BCUT2D eigenvalue weighted by Gasteiger charge is -2.23. The van der Waals surface area contributed by atoms with Crippen molar-refractivity contribution in [2.24, 2.45) is 0 Å². The third kappa shape index (κ3) is 5.20. The summed E-state index contributed by atoms with van der Waals surface area (Å²) in [5.41, 5.74) is 1.92. The van der Waals surface area contributed by atoms with Gasteiger partial charge in [-0.1, -0.05) is 12.1 Å². The standard InChI is InChI=1S/C23H28N4O4/c1-15(17-6-5-7-18(12-17)23(30)31-4)25-21-9-8-19(13-24-21)22(29)27-11-10-20(14-27)26(3)16(2)28/h5-9,12-13,15,20H,10-11,14H2,1-4H3,(H,24,25). The number of methoxy groups -OCH3 is 1. The molecule has 8 heteroatoms. The first-order chi connectivity index (χ1) is 14.8. The molecule has 1 aliphatic rings. The predicted molar refractivity (Wildman–Crippen MR) is 117 cm³/mol. The second kappa shape index (κ2) is 9.59. The summed E-state index contributed by atoms with van der Waals surface area (Å²) in [6.07, 6.45) is 2.33. The summed E-state index contributed by atoms with van der Waals surface area (Å²) in [7, 11) is 3.12. The van der Waals surface area contributed by atoms with Gasteiger partial charge in [-0.3, -0.25) is 9.59 Å². The van der Waals surface area contributed by atoms with E-state index in [4.69, 9.17) is 4.74 Å². The van der Waals surface area contributed by atoms with Crippen LogP contribution in [0.4, 0.5) is 5.82 Å². The molecule has 1 aromatic carbocycles. The molecule has 2 amide bonds. The van der Waals surface area contributed by atoms with Gasteiger partial charge in [0, 0.05) is 39.3 Å². The number of pyridine rings is 1. The van der Waals surface area contributed by atoms with Crippen LogP contribution in [-0.2, 0) is 9.53 Å². The van der Waals surface area contributed by atoms with Crippen molar-refractivity contribution in [2.45, 2.75) is 32.4 Å². The van der Waals surface area contributed by atoms with Crippen LogP contribution in [-0.4, -0.2) is 65.9 Å². The van der Waals surface area contributed by atoms with Gasteiger partial charge in [0.05, 0.1) is 24.3 Å². The maximum atomic E-state index is 12.8. The summed E-state index contributed by atoms with van der Waals surface area (Å²) in [5, 5.41) is 3.28. The van der Waals surface area contributed by atoms with Crippen molar-refractivity contribution in [3.63, 3.8) is 0 Å². The predicted octanol–water partition coefficient (Wildman–Crippen LogP) is 2.73. The normalized spacial score (nSPS) is 16.5. The molecule has 2 atom stereocenters. The van der Waals surface area contributed by atoms with Gasteiger partial charge in [0.1, 0.15) is 5.82 Å². The minimum Gasteiger partial charge on any atom is -0.465 e. The number of nitrogens with zero attached hydrogens (tertiary/aromatic N) is 3. The maximum Gasteiger partial charge on any atom is 0.337 e. The van der Waals surface area contributed by atoms with E-state index in [2.05, 4.69) is 10.3 Å². The molecule has 1 N–H and O–H groups in total. The first-order valence-corrected chi connectivity index (χ1v) is 10.2. The number of aromatic nitrogens is 1. The molecule has 0 radical (unpaired) electrons. The SMILES string of the molecule is COC(=O)c1cccc(C(C)Nc2ccc(C(=O)N3CCC(N(C)C(C)=O)C3)cn2)c1. The quantitative estimate of drug-likeness (QED) is 0.717. The molecule has 3 rings (SSSR count). The number of hydrogen-bond acceptors (Lipinski definition) is 6. The zero-order valence-electron chi connectivity index (χ0n) is 18.3. The number of carbonyl (C=O) groups excluding carboxylic acids is 3. The Balaban J connectivity index is 1.62. The van der Waals surface area contributed by atoms with E-state index in [1.807, 2.05) is 19.1 Å². The Morgan fingerprint density at radius 3 is 2.65 bits per heavy atom. The fourth-order valence-electron chi connectivity index (χ4n) is 3.65. The lowest BCUT2D eigenvalue weighted by molar-refractivity contribution is -0.129. The molecule has 0 bridgehead atoms. The first kappa shape index (κ1) is 22.3. The maximum absolute atomic E-state index is 12.8. The summed E-state index contributed by atoms with van der Waals surface area (Å²) in [6.45, 7) is 4.65. The van der Waals surface area contributed by atoms with Crippen LogP contribution in [0.5, 0.6) is 0 Å². The molecule has 8 nitrogen and oxygen atoms in total. The van der Waals surface area contributed by atoms with Gasteiger partial charge in [0.2, 0.25) is 5.91 Å². The van der Waals surface area contributed by atoms with E-state index in [9.17, 15) is 14.4 Å². The average Bonchev–Trinajstić information content (AvgIpc) is 3.28. The zero-order chi connectivity index (χ0) is 22.5. The number of ether oxygens (including phenoxy) is 1. The van der Waals surface area contributed by atoms with Crippen LogP contribution in [0.3, 0.4) is 0 Å². The third-order valence-electron chi connectivity index (χ3n) is 5.68. The van der Waals surface area contributed by atoms with E-state index in [-0.39, 0.29) is 29.9 Å². The topological polar surface area (TPSA) is 91.8 Å². The number of amides is 2. The molecule has 0 spiro atoms. The average molecular weight is 425 g/mol. The van der Waals surface area contributed by atoms with E-state index >= 15 is 0 Å². The van der Waals surface area contributed by atoms with Crippen molar-refractivity contribution < 1.29 is 19.1 Å². The summed E-state index contributed by atoms with van der Waals surface area (Å²) in [6, 6.07) is 10.7. The highest BCUT2D eigenvalue weighted by Crippen LogP contribution is 2.21. The van der Waals surface area contributed by atoms with Gasteiger partial charge in [-0.15, -0.1) is 0 Å². The van der Waals surface area contributed by atoms with Crippen molar-refractivity contribution in [3.05, 3.63) is 59.3 Å². The third-order valence-corrected chi connectivity index (χ3v) is 5.68. The van der Waals surface area contributed by atoms with E-state index in [0.29, 0.717) is 30.0 Å². The highest BCUT2D eigenvalue weighted by Gasteiger charge is 2.30. The summed E-state index contributed by atoms with van der Waals surface area (Å²) < 4.78 is 4.77. The van der Waals surface area contributed by atoms with Crippen LogP contribution in [0.1, 0.15) is 52.6 Å². The van der Waals surface area contributed by atoms with E-state index in [1.54, 1.807) is 47.3 Å². The monoisotopic (exact) mass is 424 g/mol. The number of likely N-dealkylation sites (tertiary alicyclic amines) is 1. The highest BCUT2D eigenvalue weighted by molar-refractivity contribution is 5.94. The van der Waals surface area contributed by atoms with Gasteiger partial charge in [-0.05, 0) is 43.2 Å². The Hall–Kier alpha value is -3.42. The van der Waals surface area contributed by atoms with Crippen LogP contribution < -0.4 is 5.32 Å². The Kier molecular flexibility index (Phi) is 6.89. The Morgan fingerprint density at radius 1 is 1.23 bits per heavy atom. The number of benzene rings is 1. The van der Waals surface area contributed by atoms with Crippen LogP contribution in [0.2, 0.25) is 0 Å². The van der Waals surface area contributed by atoms with E-state index in [1.165, 1.54) is 14.0 Å². The second-order valence-corrected chi connectivity index (χ2v) is 7.74. The van der Waals surface area contributed by atoms with Crippen molar-refractivity contribution >= 4 is 23.6 Å². The first-order valence-electron chi connectivity index (χ1n) is 10.2. The van der Waals surface area contributed by atoms with Crippen LogP contribution >= 0.6 is 0 Å². The molecule has 2 aromatic rings. The van der Waals surface area contributed by atoms with Gasteiger partial charge < -0.3 is 19.9 Å². The number of likely N-dealkylation sites (N-methyl/N-ethyl adjacent to an activating group) is 1. The van der Waals surface area contributed by atoms with Crippen molar-refractivity contribution in [1.82, 2.24) is 14.8 Å². The fourth-order valence-corrected chi connectivity index (χ4v) is 3.65. The fraction of sp³-hybridized carbons (Fsp3) is 0.391.